The third-order valence-electron chi connectivity index (χ3n) is 4.20. The second-order valence-electron chi connectivity index (χ2n) is 5.20. The summed E-state index contributed by atoms with van der Waals surface area (Å²) >= 11 is 0. The van der Waals surface area contributed by atoms with Gasteiger partial charge in [-0.05, 0) is 38.6 Å². The van der Waals surface area contributed by atoms with E-state index in [2.05, 4.69) is 14.9 Å². The number of rotatable bonds is 3. The first-order chi connectivity index (χ1) is 8.38. The molecule has 1 saturated carbocycles. The highest BCUT2D eigenvalue weighted by Crippen LogP contribution is 2.34. The Morgan fingerprint density at radius 3 is 3.06 bits per heavy atom. The maximum absolute atomic E-state index is 5.46. The topological polar surface area (TPSA) is 39.1 Å². The van der Waals surface area contributed by atoms with Crippen molar-refractivity contribution >= 4 is 0 Å². The van der Waals surface area contributed by atoms with Crippen LogP contribution in [0.4, 0.5) is 0 Å². The average molecular weight is 235 g/mol. The lowest BCUT2D eigenvalue weighted by Gasteiger charge is -2.19. The molecule has 3 rings (SSSR count). The number of ether oxygens (including phenoxy) is 1. The largest absolute Gasteiger partial charge is 0.381 e. The Balaban J connectivity index is 1.77. The number of aromatic nitrogens is 2. The van der Waals surface area contributed by atoms with Crippen LogP contribution in [0.25, 0.3) is 0 Å². The normalized spacial score (nSPS) is 33.4. The average Bonchev–Trinajstić information content (AvgIpc) is 3.09. The third kappa shape index (κ3) is 2.11. The fourth-order valence-electron chi connectivity index (χ4n) is 3.21. The molecule has 1 aliphatic carbocycles. The minimum absolute atomic E-state index is 0.437. The van der Waals surface area contributed by atoms with E-state index in [0.717, 1.165) is 13.0 Å². The van der Waals surface area contributed by atoms with Crippen LogP contribution in [0.2, 0.25) is 0 Å². The summed E-state index contributed by atoms with van der Waals surface area (Å²) in [6.07, 6.45) is 10.5. The summed E-state index contributed by atoms with van der Waals surface area (Å²) in [6.45, 7) is 1.14. The Labute approximate surface area is 102 Å². The Hall–Kier alpha value is -0.870. The van der Waals surface area contributed by atoms with Crippen LogP contribution in [-0.4, -0.2) is 29.3 Å². The van der Waals surface area contributed by atoms with E-state index in [1.165, 1.54) is 31.4 Å². The van der Waals surface area contributed by atoms with Crippen molar-refractivity contribution in [2.45, 2.75) is 50.3 Å². The molecule has 0 amide bonds. The fraction of sp³-hybridized carbons (Fsp3) is 0.769. The van der Waals surface area contributed by atoms with Gasteiger partial charge in [-0.25, -0.2) is 4.98 Å². The molecule has 0 aromatic carbocycles. The molecule has 1 N–H and O–H groups in total. The highest BCUT2D eigenvalue weighted by Gasteiger charge is 2.29. The van der Waals surface area contributed by atoms with Gasteiger partial charge in [-0.1, -0.05) is 0 Å². The smallest absolute Gasteiger partial charge is 0.0951 e. The minimum atomic E-state index is 0.437. The van der Waals surface area contributed by atoms with Gasteiger partial charge in [0.05, 0.1) is 18.1 Å². The van der Waals surface area contributed by atoms with Gasteiger partial charge >= 0.3 is 0 Å². The Bertz CT molecular complexity index is 370. The standard InChI is InChI=1S/C13H21N3O/c1-17-11-5-4-10(7-11)16-9-14-8-13(16)12-3-2-6-15-12/h8-12,15H,2-7H2,1H3. The molecule has 0 bridgehead atoms. The molecular weight excluding hydrogens is 214 g/mol. The predicted octanol–water partition coefficient (Wildman–Crippen LogP) is 2.05. The molecular formula is C13H21N3O. The summed E-state index contributed by atoms with van der Waals surface area (Å²) in [5, 5.41) is 3.56. The molecule has 1 aromatic heterocycles. The number of hydrogen-bond acceptors (Lipinski definition) is 3. The van der Waals surface area contributed by atoms with Crippen LogP contribution < -0.4 is 5.32 Å². The van der Waals surface area contributed by atoms with E-state index in [0.29, 0.717) is 18.2 Å². The lowest BCUT2D eigenvalue weighted by molar-refractivity contribution is 0.105. The van der Waals surface area contributed by atoms with Crippen LogP contribution in [0.1, 0.15) is 49.9 Å². The second kappa shape index (κ2) is 4.78. The highest BCUT2D eigenvalue weighted by molar-refractivity contribution is 5.09. The molecule has 2 aliphatic rings. The molecule has 1 saturated heterocycles. The number of methoxy groups -OCH3 is 1. The van der Waals surface area contributed by atoms with Crippen molar-refractivity contribution in [3.8, 4) is 0 Å². The third-order valence-corrected chi connectivity index (χ3v) is 4.20. The van der Waals surface area contributed by atoms with Gasteiger partial charge < -0.3 is 14.6 Å². The molecule has 2 heterocycles. The molecule has 17 heavy (non-hydrogen) atoms. The summed E-state index contributed by atoms with van der Waals surface area (Å²) in [5.74, 6) is 0. The lowest BCUT2D eigenvalue weighted by atomic mass is 10.1. The summed E-state index contributed by atoms with van der Waals surface area (Å²) in [7, 11) is 1.82. The molecule has 1 aliphatic heterocycles. The van der Waals surface area contributed by atoms with E-state index >= 15 is 0 Å². The number of imidazole rings is 1. The van der Waals surface area contributed by atoms with Crippen molar-refractivity contribution in [3.05, 3.63) is 18.2 Å². The van der Waals surface area contributed by atoms with E-state index in [-0.39, 0.29) is 0 Å². The monoisotopic (exact) mass is 235 g/mol. The van der Waals surface area contributed by atoms with Gasteiger partial charge in [-0.3, -0.25) is 0 Å². The van der Waals surface area contributed by atoms with Crippen molar-refractivity contribution in [2.75, 3.05) is 13.7 Å². The molecule has 2 fully saturated rings. The first-order valence-corrected chi connectivity index (χ1v) is 6.66. The SMILES string of the molecule is COC1CCC(n2cncc2C2CCCN2)C1. The van der Waals surface area contributed by atoms with Gasteiger partial charge in [0.1, 0.15) is 0 Å². The number of nitrogens with one attached hydrogen (secondary N) is 1. The van der Waals surface area contributed by atoms with Gasteiger partial charge in [0, 0.05) is 25.4 Å². The molecule has 0 radical (unpaired) electrons. The van der Waals surface area contributed by atoms with Gasteiger partial charge in [0.15, 0.2) is 0 Å². The maximum Gasteiger partial charge on any atom is 0.0951 e. The summed E-state index contributed by atoms with van der Waals surface area (Å²) < 4.78 is 7.83. The van der Waals surface area contributed by atoms with Crippen molar-refractivity contribution in [1.29, 1.82) is 0 Å². The fourth-order valence-corrected chi connectivity index (χ4v) is 3.21. The second-order valence-corrected chi connectivity index (χ2v) is 5.20. The quantitative estimate of drug-likeness (QED) is 0.871. The van der Waals surface area contributed by atoms with E-state index in [4.69, 9.17) is 4.74 Å². The van der Waals surface area contributed by atoms with Crippen molar-refractivity contribution < 1.29 is 4.74 Å². The minimum Gasteiger partial charge on any atom is -0.381 e. The number of hydrogen-bond donors (Lipinski definition) is 1. The number of nitrogens with zero attached hydrogens (tertiary/aromatic N) is 2. The van der Waals surface area contributed by atoms with Gasteiger partial charge in [-0.2, -0.15) is 0 Å². The molecule has 3 atom stereocenters. The zero-order chi connectivity index (χ0) is 11.7. The van der Waals surface area contributed by atoms with Crippen LogP contribution in [0, 0.1) is 0 Å². The summed E-state index contributed by atoms with van der Waals surface area (Å²) in [6, 6.07) is 1.10. The van der Waals surface area contributed by atoms with E-state index in [1.807, 2.05) is 19.6 Å². The molecule has 4 nitrogen and oxygen atoms in total. The molecule has 3 unspecified atom stereocenters. The van der Waals surface area contributed by atoms with Gasteiger partial charge in [0.25, 0.3) is 0 Å². The summed E-state index contributed by atoms with van der Waals surface area (Å²) in [5.41, 5.74) is 1.37. The van der Waals surface area contributed by atoms with E-state index in [9.17, 15) is 0 Å². The summed E-state index contributed by atoms with van der Waals surface area (Å²) in [4.78, 5) is 4.34. The van der Waals surface area contributed by atoms with Crippen LogP contribution in [-0.2, 0) is 4.74 Å². The Kier molecular flexibility index (Phi) is 3.16. The highest BCUT2D eigenvalue weighted by atomic mass is 16.5. The van der Waals surface area contributed by atoms with Crippen LogP contribution in [0.5, 0.6) is 0 Å². The van der Waals surface area contributed by atoms with Crippen molar-refractivity contribution in [3.63, 3.8) is 0 Å². The first-order valence-electron chi connectivity index (χ1n) is 6.66. The van der Waals surface area contributed by atoms with Crippen molar-refractivity contribution in [2.24, 2.45) is 0 Å². The molecule has 0 spiro atoms. The molecule has 4 heteroatoms. The van der Waals surface area contributed by atoms with Crippen LogP contribution in [0.15, 0.2) is 12.5 Å². The van der Waals surface area contributed by atoms with Gasteiger partial charge in [-0.15, -0.1) is 0 Å². The first kappa shape index (κ1) is 11.2. The lowest BCUT2D eigenvalue weighted by Crippen LogP contribution is -2.19. The van der Waals surface area contributed by atoms with Crippen LogP contribution >= 0.6 is 0 Å². The maximum atomic E-state index is 5.46. The van der Waals surface area contributed by atoms with E-state index in [1.54, 1.807) is 0 Å². The Morgan fingerprint density at radius 1 is 1.41 bits per heavy atom. The zero-order valence-electron chi connectivity index (χ0n) is 10.4. The van der Waals surface area contributed by atoms with Crippen molar-refractivity contribution in [1.82, 2.24) is 14.9 Å². The zero-order valence-corrected chi connectivity index (χ0v) is 10.4. The molecule has 94 valence electrons. The van der Waals surface area contributed by atoms with E-state index < -0.39 is 0 Å². The van der Waals surface area contributed by atoms with Crippen LogP contribution in [0.3, 0.4) is 0 Å². The van der Waals surface area contributed by atoms with Gasteiger partial charge in [0.2, 0.25) is 0 Å². The molecule has 1 aromatic rings. The Morgan fingerprint density at radius 2 is 2.35 bits per heavy atom. The predicted molar refractivity (Wildman–Crippen MR) is 65.9 cm³/mol.